The van der Waals surface area contributed by atoms with Crippen molar-refractivity contribution in [2.45, 2.75) is 20.1 Å². The minimum Gasteiger partial charge on any atom is -0.478 e. The Morgan fingerprint density at radius 2 is 2.11 bits per heavy atom. The standard InChI is InChI=1S/C14H13BrO4/c1-9-12(14(16)17)6-11(19-9)8-18-7-10-4-2-3-5-13(10)15/h2-6H,7-8H2,1H3,(H,16,17). The first-order valence-corrected chi connectivity index (χ1v) is 6.51. The number of benzene rings is 1. The summed E-state index contributed by atoms with van der Waals surface area (Å²) in [6.45, 7) is 2.31. The number of furan rings is 1. The lowest BCUT2D eigenvalue weighted by Crippen LogP contribution is -1.95. The highest BCUT2D eigenvalue weighted by Gasteiger charge is 2.13. The van der Waals surface area contributed by atoms with E-state index >= 15 is 0 Å². The molecule has 0 aliphatic carbocycles. The predicted octanol–water partition coefficient (Wildman–Crippen LogP) is 3.77. The Bertz CT molecular complexity index is 589. The van der Waals surface area contributed by atoms with Crippen molar-refractivity contribution in [3.63, 3.8) is 0 Å². The molecule has 2 aromatic rings. The molecule has 19 heavy (non-hydrogen) atoms. The third-order valence-electron chi connectivity index (χ3n) is 2.66. The first kappa shape index (κ1) is 13.8. The van der Waals surface area contributed by atoms with E-state index in [9.17, 15) is 4.79 Å². The second-order valence-corrected chi connectivity index (χ2v) is 4.93. The van der Waals surface area contributed by atoms with Gasteiger partial charge < -0.3 is 14.3 Å². The molecule has 1 heterocycles. The fourth-order valence-electron chi connectivity index (χ4n) is 1.70. The van der Waals surface area contributed by atoms with E-state index in [4.69, 9.17) is 14.3 Å². The summed E-state index contributed by atoms with van der Waals surface area (Å²) in [5, 5.41) is 8.91. The van der Waals surface area contributed by atoms with Crippen LogP contribution in [0.2, 0.25) is 0 Å². The number of carbonyl (C=O) groups is 1. The summed E-state index contributed by atoms with van der Waals surface area (Å²) in [4.78, 5) is 10.9. The molecule has 0 atom stereocenters. The van der Waals surface area contributed by atoms with Crippen molar-refractivity contribution >= 4 is 21.9 Å². The zero-order valence-electron chi connectivity index (χ0n) is 10.4. The molecule has 1 N–H and O–H groups in total. The van der Waals surface area contributed by atoms with E-state index in [1.165, 1.54) is 6.07 Å². The average molecular weight is 325 g/mol. The van der Waals surface area contributed by atoms with Crippen molar-refractivity contribution < 1.29 is 19.1 Å². The number of carboxylic acid groups (broad SMARTS) is 1. The highest BCUT2D eigenvalue weighted by Crippen LogP contribution is 2.19. The van der Waals surface area contributed by atoms with Gasteiger partial charge in [0.15, 0.2) is 0 Å². The van der Waals surface area contributed by atoms with Crippen molar-refractivity contribution in [1.29, 1.82) is 0 Å². The van der Waals surface area contributed by atoms with Crippen LogP contribution in [-0.4, -0.2) is 11.1 Å². The number of ether oxygens (including phenoxy) is 1. The van der Waals surface area contributed by atoms with Gasteiger partial charge in [-0.25, -0.2) is 4.79 Å². The molecule has 0 unspecified atom stereocenters. The maximum Gasteiger partial charge on any atom is 0.339 e. The van der Waals surface area contributed by atoms with Gasteiger partial charge in [-0.15, -0.1) is 0 Å². The Labute approximate surface area is 119 Å². The molecule has 0 saturated carbocycles. The number of hydrogen-bond acceptors (Lipinski definition) is 3. The smallest absolute Gasteiger partial charge is 0.339 e. The first-order valence-electron chi connectivity index (χ1n) is 5.71. The van der Waals surface area contributed by atoms with Crippen LogP contribution in [0.4, 0.5) is 0 Å². The molecule has 0 radical (unpaired) electrons. The van der Waals surface area contributed by atoms with Gasteiger partial charge in [0.05, 0.1) is 6.61 Å². The van der Waals surface area contributed by atoms with Crippen LogP contribution in [0.1, 0.15) is 27.4 Å². The Morgan fingerprint density at radius 3 is 2.74 bits per heavy atom. The second kappa shape index (κ2) is 6.04. The Hall–Kier alpha value is -1.59. The Morgan fingerprint density at radius 1 is 1.37 bits per heavy atom. The molecule has 1 aromatic carbocycles. The van der Waals surface area contributed by atoms with Crippen molar-refractivity contribution in [3.8, 4) is 0 Å². The molecule has 1 aromatic heterocycles. The van der Waals surface area contributed by atoms with Gasteiger partial charge in [0, 0.05) is 4.47 Å². The largest absolute Gasteiger partial charge is 0.478 e. The van der Waals surface area contributed by atoms with Crippen LogP contribution in [-0.2, 0) is 18.0 Å². The zero-order chi connectivity index (χ0) is 13.8. The summed E-state index contributed by atoms with van der Waals surface area (Å²) in [5.74, 6) is -0.0766. The molecule has 0 aliphatic rings. The van der Waals surface area contributed by atoms with Gasteiger partial charge in [-0.2, -0.15) is 0 Å². The topological polar surface area (TPSA) is 59.7 Å². The maximum atomic E-state index is 10.9. The minimum atomic E-state index is -0.988. The first-order chi connectivity index (χ1) is 9.08. The van der Waals surface area contributed by atoms with Gasteiger partial charge in [0.2, 0.25) is 0 Å². The van der Waals surface area contributed by atoms with Crippen LogP contribution in [0.3, 0.4) is 0 Å². The van der Waals surface area contributed by atoms with Gasteiger partial charge in [-0.1, -0.05) is 34.1 Å². The summed E-state index contributed by atoms with van der Waals surface area (Å²) in [7, 11) is 0. The average Bonchev–Trinajstić information content (AvgIpc) is 2.73. The molecule has 0 fully saturated rings. The van der Waals surface area contributed by atoms with Gasteiger partial charge >= 0.3 is 5.97 Å². The minimum absolute atomic E-state index is 0.180. The van der Waals surface area contributed by atoms with Crippen molar-refractivity contribution in [2.75, 3.05) is 0 Å². The number of carboxylic acids is 1. The van der Waals surface area contributed by atoms with Crippen LogP contribution >= 0.6 is 15.9 Å². The lowest BCUT2D eigenvalue weighted by Gasteiger charge is -2.04. The maximum absolute atomic E-state index is 10.9. The number of halogens is 1. The molecule has 0 aliphatic heterocycles. The lowest BCUT2D eigenvalue weighted by atomic mass is 10.2. The van der Waals surface area contributed by atoms with Crippen molar-refractivity contribution in [1.82, 2.24) is 0 Å². The van der Waals surface area contributed by atoms with Crippen LogP contribution in [0.5, 0.6) is 0 Å². The molecule has 2 rings (SSSR count). The van der Waals surface area contributed by atoms with Crippen LogP contribution in [0, 0.1) is 6.92 Å². The van der Waals surface area contributed by atoms with E-state index in [0.29, 0.717) is 18.1 Å². The molecule has 4 nitrogen and oxygen atoms in total. The number of rotatable bonds is 5. The molecule has 100 valence electrons. The van der Waals surface area contributed by atoms with Crippen LogP contribution in [0.15, 0.2) is 39.2 Å². The number of aromatic carboxylic acids is 1. The van der Waals surface area contributed by atoms with Gasteiger partial charge in [0.25, 0.3) is 0 Å². The highest BCUT2D eigenvalue weighted by atomic mass is 79.9. The molecule has 0 amide bonds. The lowest BCUT2D eigenvalue weighted by molar-refractivity contribution is 0.0695. The fourth-order valence-corrected chi connectivity index (χ4v) is 2.10. The number of aryl methyl sites for hydroxylation is 1. The third kappa shape index (κ3) is 3.45. The van der Waals surface area contributed by atoms with E-state index in [2.05, 4.69) is 15.9 Å². The molecule has 0 bridgehead atoms. The molecular weight excluding hydrogens is 312 g/mol. The highest BCUT2D eigenvalue weighted by molar-refractivity contribution is 9.10. The number of hydrogen-bond donors (Lipinski definition) is 1. The summed E-state index contributed by atoms with van der Waals surface area (Å²) >= 11 is 3.44. The summed E-state index contributed by atoms with van der Waals surface area (Å²) in [6.07, 6.45) is 0. The Balaban J connectivity index is 1.95. The predicted molar refractivity (Wildman–Crippen MR) is 73.0 cm³/mol. The van der Waals surface area contributed by atoms with E-state index in [1.807, 2.05) is 24.3 Å². The monoisotopic (exact) mass is 324 g/mol. The van der Waals surface area contributed by atoms with E-state index < -0.39 is 5.97 Å². The van der Waals surface area contributed by atoms with E-state index in [0.717, 1.165) is 10.0 Å². The molecular formula is C14H13BrO4. The Kier molecular flexibility index (Phi) is 4.39. The third-order valence-corrected chi connectivity index (χ3v) is 3.43. The quantitative estimate of drug-likeness (QED) is 0.909. The van der Waals surface area contributed by atoms with Crippen molar-refractivity contribution in [2.24, 2.45) is 0 Å². The SMILES string of the molecule is Cc1oc(COCc2ccccc2Br)cc1C(=O)O. The van der Waals surface area contributed by atoms with Gasteiger partial charge in [-0.3, -0.25) is 0 Å². The molecule has 5 heteroatoms. The van der Waals surface area contributed by atoms with E-state index in [1.54, 1.807) is 6.92 Å². The van der Waals surface area contributed by atoms with Crippen LogP contribution in [0.25, 0.3) is 0 Å². The fraction of sp³-hybridized carbons (Fsp3) is 0.214. The second-order valence-electron chi connectivity index (χ2n) is 4.07. The summed E-state index contributed by atoms with van der Waals surface area (Å²) in [5.41, 5.74) is 1.21. The normalized spacial score (nSPS) is 10.6. The summed E-state index contributed by atoms with van der Waals surface area (Å²) in [6, 6.07) is 9.27. The van der Waals surface area contributed by atoms with Gasteiger partial charge in [0.1, 0.15) is 23.7 Å². The van der Waals surface area contributed by atoms with Crippen molar-refractivity contribution in [3.05, 3.63) is 57.5 Å². The van der Waals surface area contributed by atoms with Crippen LogP contribution < -0.4 is 0 Å². The van der Waals surface area contributed by atoms with Gasteiger partial charge in [-0.05, 0) is 24.6 Å². The zero-order valence-corrected chi connectivity index (χ0v) is 11.9. The summed E-state index contributed by atoms with van der Waals surface area (Å²) < 4.78 is 11.8. The van der Waals surface area contributed by atoms with E-state index in [-0.39, 0.29) is 12.2 Å². The molecule has 0 saturated heterocycles. The molecule has 0 spiro atoms.